The van der Waals surface area contributed by atoms with Gasteiger partial charge < -0.3 is 0 Å². The van der Waals surface area contributed by atoms with Gasteiger partial charge in [0.05, 0.1) is 0 Å². The van der Waals surface area contributed by atoms with Crippen molar-refractivity contribution in [3.8, 4) is 0 Å². The van der Waals surface area contributed by atoms with E-state index in [9.17, 15) is 0 Å². The van der Waals surface area contributed by atoms with E-state index in [2.05, 4.69) is 48.6 Å². The molecule has 5 rings (SSSR count). The SMILES string of the molecule is C1=C2CCCCC2C(Cc2ccccc2C2=CC=C3CCCCC32)=C1. The van der Waals surface area contributed by atoms with Gasteiger partial charge in [-0.15, -0.1) is 0 Å². The average Bonchev–Trinajstić information content (AvgIpc) is 3.27. The standard InChI is InChI=1S/C25H28/c1-4-10-22-18(7-1)13-14-21(22)17-20-9-3-6-12-24(20)25-16-15-19-8-2-5-11-23(19)25/h3,6,9,12-16,22-23H,1-2,4-5,7-8,10-11,17H2. The van der Waals surface area contributed by atoms with E-state index >= 15 is 0 Å². The minimum atomic E-state index is 0.704. The second-order valence-electron chi connectivity index (χ2n) is 8.28. The first-order chi connectivity index (χ1) is 12.4. The van der Waals surface area contributed by atoms with Gasteiger partial charge in [-0.05, 0) is 61.6 Å². The normalized spacial score (nSPS) is 27.8. The average molecular weight is 328 g/mol. The highest BCUT2D eigenvalue weighted by atomic mass is 14.3. The smallest absolute Gasteiger partial charge is 0.00573 e. The molecule has 0 radical (unpaired) electrons. The molecule has 0 aromatic heterocycles. The summed E-state index contributed by atoms with van der Waals surface area (Å²) < 4.78 is 0. The lowest BCUT2D eigenvalue weighted by Crippen LogP contribution is -2.13. The predicted octanol–water partition coefficient (Wildman–Crippen LogP) is 6.80. The molecule has 2 saturated carbocycles. The van der Waals surface area contributed by atoms with Crippen LogP contribution < -0.4 is 0 Å². The van der Waals surface area contributed by atoms with E-state index in [1.54, 1.807) is 27.9 Å². The molecule has 0 heteroatoms. The summed E-state index contributed by atoms with van der Waals surface area (Å²) in [5.41, 5.74) is 9.71. The Kier molecular flexibility index (Phi) is 4.00. The van der Waals surface area contributed by atoms with Crippen molar-refractivity contribution in [1.29, 1.82) is 0 Å². The van der Waals surface area contributed by atoms with Crippen molar-refractivity contribution < 1.29 is 0 Å². The van der Waals surface area contributed by atoms with Gasteiger partial charge in [0.15, 0.2) is 0 Å². The number of allylic oxidation sites excluding steroid dienone is 8. The fourth-order valence-corrected chi connectivity index (χ4v) is 5.53. The van der Waals surface area contributed by atoms with Crippen molar-refractivity contribution in [3.63, 3.8) is 0 Å². The molecule has 1 aromatic rings. The minimum absolute atomic E-state index is 0.704. The molecule has 25 heavy (non-hydrogen) atoms. The Morgan fingerprint density at radius 2 is 1.44 bits per heavy atom. The van der Waals surface area contributed by atoms with Crippen molar-refractivity contribution in [3.05, 3.63) is 76.4 Å². The Morgan fingerprint density at radius 3 is 2.32 bits per heavy atom. The lowest BCUT2D eigenvalue weighted by Gasteiger charge is -2.27. The van der Waals surface area contributed by atoms with Crippen LogP contribution in [0, 0.1) is 11.8 Å². The van der Waals surface area contributed by atoms with Gasteiger partial charge in [-0.3, -0.25) is 0 Å². The van der Waals surface area contributed by atoms with E-state index in [1.807, 2.05) is 0 Å². The van der Waals surface area contributed by atoms with Gasteiger partial charge in [-0.25, -0.2) is 0 Å². The third-order valence-electron chi connectivity index (χ3n) is 6.85. The van der Waals surface area contributed by atoms with Gasteiger partial charge in [0.2, 0.25) is 0 Å². The van der Waals surface area contributed by atoms with Crippen LogP contribution in [0.25, 0.3) is 5.57 Å². The van der Waals surface area contributed by atoms with Crippen LogP contribution in [0.4, 0.5) is 0 Å². The van der Waals surface area contributed by atoms with Gasteiger partial charge in [0, 0.05) is 11.8 Å². The second-order valence-corrected chi connectivity index (χ2v) is 8.28. The summed E-state index contributed by atoms with van der Waals surface area (Å²) in [7, 11) is 0. The molecule has 2 fully saturated rings. The van der Waals surface area contributed by atoms with E-state index in [0.717, 1.165) is 12.3 Å². The second kappa shape index (κ2) is 6.48. The maximum atomic E-state index is 2.44. The Morgan fingerprint density at radius 1 is 0.720 bits per heavy atom. The number of hydrogen-bond acceptors (Lipinski definition) is 0. The van der Waals surface area contributed by atoms with Crippen LogP contribution >= 0.6 is 0 Å². The zero-order chi connectivity index (χ0) is 16.6. The van der Waals surface area contributed by atoms with Gasteiger partial charge in [0.1, 0.15) is 0 Å². The third-order valence-corrected chi connectivity index (χ3v) is 6.85. The molecule has 2 atom stereocenters. The predicted molar refractivity (Wildman–Crippen MR) is 106 cm³/mol. The van der Waals surface area contributed by atoms with Crippen molar-refractivity contribution >= 4 is 5.57 Å². The van der Waals surface area contributed by atoms with E-state index in [-0.39, 0.29) is 0 Å². The Labute approximate surface area is 152 Å². The molecule has 0 N–H and O–H groups in total. The van der Waals surface area contributed by atoms with Crippen molar-refractivity contribution in [2.75, 3.05) is 0 Å². The summed E-state index contributed by atoms with van der Waals surface area (Å²) in [6.45, 7) is 0. The number of hydrogen-bond donors (Lipinski definition) is 0. The molecule has 0 amide bonds. The first kappa shape index (κ1) is 15.4. The molecule has 0 heterocycles. The highest BCUT2D eigenvalue weighted by Gasteiger charge is 2.29. The van der Waals surface area contributed by atoms with Crippen LogP contribution in [0.5, 0.6) is 0 Å². The van der Waals surface area contributed by atoms with E-state index in [0.29, 0.717) is 5.92 Å². The van der Waals surface area contributed by atoms with Crippen molar-refractivity contribution in [2.24, 2.45) is 11.8 Å². The first-order valence-electron chi connectivity index (χ1n) is 10.3. The largest absolute Gasteiger partial charge is 0.0630 e. The third kappa shape index (κ3) is 2.76. The molecule has 4 aliphatic rings. The molecule has 0 spiro atoms. The van der Waals surface area contributed by atoms with Crippen LogP contribution in [0.1, 0.15) is 62.5 Å². The summed E-state index contributed by atoms with van der Waals surface area (Å²) >= 11 is 0. The molecule has 1 aromatic carbocycles. The summed E-state index contributed by atoms with van der Waals surface area (Å²) in [6, 6.07) is 9.21. The highest BCUT2D eigenvalue weighted by molar-refractivity contribution is 5.77. The van der Waals surface area contributed by atoms with Crippen molar-refractivity contribution in [1.82, 2.24) is 0 Å². The van der Waals surface area contributed by atoms with Crippen LogP contribution in [-0.2, 0) is 6.42 Å². The van der Waals surface area contributed by atoms with E-state index in [1.165, 1.54) is 56.9 Å². The lowest BCUT2D eigenvalue weighted by atomic mass is 9.77. The van der Waals surface area contributed by atoms with Crippen molar-refractivity contribution in [2.45, 2.75) is 57.8 Å². The van der Waals surface area contributed by atoms with Crippen LogP contribution in [0.3, 0.4) is 0 Å². The number of benzene rings is 1. The molecule has 128 valence electrons. The number of rotatable bonds is 3. The molecule has 0 nitrogen and oxygen atoms in total. The maximum Gasteiger partial charge on any atom is 0.00573 e. The van der Waals surface area contributed by atoms with Gasteiger partial charge in [0.25, 0.3) is 0 Å². The molecule has 0 bridgehead atoms. The Hall–Kier alpha value is -1.82. The van der Waals surface area contributed by atoms with Crippen LogP contribution in [0.2, 0.25) is 0 Å². The lowest BCUT2D eigenvalue weighted by molar-refractivity contribution is 0.503. The fraction of sp³-hybridized carbons (Fsp3) is 0.440. The summed E-state index contributed by atoms with van der Waals surface area (Å²) in [5.74, 6) is 1.46. The topological polar surface area (TPSA) is 0 Å². The van der Waals surface area contributed by atoms with E-state index < -0.39 is 0 Å². The molecule has 4 aliphatic carbocycles. The maximum absolute atomic E-state index is 2.44. The summed E-state index contributed by atoms with van der Waals surface area (Å²) in [6.07, 6.45) is 21.8. The number of fused-ring (bicyclic) bond motifs is 2. The van der Waals surface area contributed by atoms with E-state index in [4.69, 9.17) is 0 Å². The molecule has 0 saturated heterocycles. The molecular formula is C25H28. The zero-order valence-electron chi connectivity index (χ0n) is 15.1. The quantitative estimate of drug-likeness (QED) is 0.572. The highest BCUT2D eigenvalue weighted by Crippen LogP contribution is 2.45. The molecule has 2 unspecified atom stereocenters. The van der Waals surface area contributed by atoms with Gasteiger partial charge in [-0.2, -0.15) is 0 Å². The monoisotopic (exact) mass is 328 g/mol. The van der Waals surface area contributed by atoms with Crippen LogP contribution in [0.15, 0.2) is 65.3 Å². The molecular weight excluding hydrogens is 300 g/mol. The van der Waals surface area contributed by atoms with Gasteiger partial charge in [-0.1, -0.05) is 78.1 Å². The molecule has 0 aliphatic heterocycles. The minimum Gasteiger partial charge on any atom is -0.0630 e. The first-order valence-corrected chi connectivity index (χ1v) is 10.3. The fourth-order valence-electron chi connectivity index (χ4n) is 5.53. The Bertz CT molecular complexity index is 799. The Balaban J connectivity index is 1.41. The zero-order valence-corrected chi connectivity index (χ0v) is 15.1. The summed E-state index contributed by atoms with van der Waals surface area (Å²) in [5, 5.41) is 0. The summed E-state index contributed by atoms with van der Waals surface area (Å²) in [4.78, 5) is 0. The van der Waals surface area contributed by atoms with Gasteiger partial charge >= 0.3 is 0 Å². The van der Waals surface area contributed by atoms with Crippen LogP contribution in [-0.4, -0.2) is 0 Å².